The van der Waals surface area contributed by atoms with Gasteiger partial charge in [-0.2, -0.15) is 0 Å². The maximum absolute atomic E-state index is 14.4. The maximum atomic E-state index is 14.4. The summed E-state index contributed by atoms with van der Waals surface area (Å²) in [6.45, 7) is 3.30. The molecule has 1 aliphatic heterocycles. The van der Waals surface area contributed by atoms with Crippen molar-refractivity contribution in [3.05, 3.63) is 35.9 Å². The Morgan fingerprint density at radius 2 is 1.55 bits per heavy atom. The van der Waals surface area contributed by atoms with Crippen molar-refractivity contribution in [1.29, 1.82) is 0 Å². The van der Waals surface area contributed by atoms with Gasteiger partial charge in [0, 0.05) is 88.9 Å². The summed E-state index contributed by atoms with van der Waals surface area (Å²) < 4.78 is 38.3. The lowest BCUT2D eigenvalue weighted by Crippen LogP contribution is -2.81. The largest absolute Gasteiger partial charge is 0.481 e. The number of rotatable bonds is 18. The summed E-state index contributed by atoms with van der Waals surface area (Å²) in [5, 5.41) is 47.1. The molecule has 6 fully saturated rings. The van der Waals surface area contributed by atoms with Gasteiger partial charge in [0.05, 0.1) is 30.5 Å². The van der Waals surface area contributed by atoms with Gasteiger partial charge in [-0.3, -0.25) is 14.5 Å². The molecule has 7 bridgehead atoms. The van der Waals surface area contributed by atoms with E-state index >= 15 is 0 Å². The first-order chi connectivity index (χ1) is 26.9. The van der Waals surface area contributed by atoms with Crippen molar-refractivity contribution in [3.63, 3.8) is 0 Å². The molecule has 1 saturated heterocycles. The van der Waals surface area contributed by atoms with E-state index in [1.54, 1.807) is 51.7 Å². The number of carboxylic acid groups (broad SMARTS) is 1. The number of carboxylic acids is 1. The quantitative estimate of drug-likeness (QED) is 0.126. The number of benzene rings is 1. The molecule has 1 unspecified atom stereocenters. The lowest BCUT2D eigenvalue weighted by atomic mass is 9.42. The van der Waals surface area contributed by atoms with Crippen LogP contribution in [0.2, 0.25) is 0 Å². The van der Waals surface area contributed by atoms with Gasteiger partial charge in [-0.15, -0.1) is 0 Å². The van der Waals surface area contributed by atoms with Crippen molar-refractivity contribution in [3.8, 4) is 0 Å². The standard InChI is InChI=1S/C42H61NO13/c1-6-43-22-39(23-51-2)26(44)20-27(52-3)41-25-21-40(50)36(55-38(49)24-16-12-11-13-17-24)30(25)42(35(48)37(40)54-5,31(34(41)43)32(53-4)33(39)41)56-29(47)19-15-10-8-7-9-14-18-28(45)46/h11-13,16-17,25-27,30-37,44,48,50H,6-10,14-15,18-23H2,1-5H3,(H,45,46)/t25-,26-,27+,30-,31+,32+,33-,34?,35+,36-,37+,39+,40-,41+,42-/m1/s1. The third-order valence-corrected chi connectivity index (χ3v) is 15.2. The molecule has 4 N–H and O–H groups in total. The first kappa shape index (κ1) is 41.5. The fraction of sp³-hybridized carbons (Fsp3) is 0.786. The second kappa shape index (κ2) is 15.8. The lowest BCUT2D eigenvalue weighted by Gasteiger charge is -2.70. The number of methoxy groups -OCH3 is 4. The highest BCUT2D eigenvalue weighted by Gasteiger charge is 2.92. The summed E-state index contributed by atoms with van der Waals surface area (Å²) in [5.41, 5.74) is -5.01. The number of aliphatic hydroxyl groups is 3. The number of carbonyl (C=O) groups is 3. The van der Waals surface area contributed by atoms with Crippen LogP contribution in [0.3, 0.4) is 0 Å². The molecule has 6 aliphatic rings. The van der Waals surface area contributed by atoms with Gasteiger partial charge < -0.3 is 48.8 Å². The van der Waals surface area contributed by atoms with E-state index in [4.69, 9.17) is 33.5 Å². The highest BCUT2D eigenvalue weighted by molar-refractivity contribution is 5.89. The molecule has 1 aromatic carbocycles. The Bertz CT molecular complexity index is 1600. The number of nitrogens with zero attached hydrogens (tertiary/aromatic N) is 1. The van der Waals surface area contributed by atoms with E-state index in [-0.39, 0.29) is 37.5 Å². The van der Waals surface area contributed by atoms with E-state index in [9.17, 15) is 29.7 Å². The Morgan fingerprint density at radius 1 is 0.875 bits per heavy atom. The molecular formula is C42H61NO13. The van der Waals surface area contributed by atoms with Gasteiger partial charge in [-0.25, -0.2) is 4.79 Å². The van der Waals surface area contributed by atoms with Gasteiger partial charge in [-0.05, 0) is 43.9 Å². The summed E-state index contributed by atoms with van der Waals surface area (Å²) in [5.74, 6) is -4.57. The molecule has 7 rings (SSSR count). The lowest BCUT2D eigenvalue weighted by molar-refractivity contribution is -0.323. The van der Waals surface area contributed by atoms with Crippen molar-refractivity contribution in [2.45, 2.75) is 125 Å². The molecule has 14 nitrogen and oxygen atoms in total. The number of aliphatic carboxylic acids is 1. The van der Waals surface area contributed by atoms with Crippen LogP contribution in [0.25, 0.3) is 0 Å². The van der Waals surface area contributed by atoms with E-state index in [0.29, 0.717) is 32.4 Å². The molecule has 14 heteroatoms. The highest BCUT2D eigenvalue weighted by Crippen LogP contribution is 2.80. The Kier molecular flexibility index (Phi) is 11.7. The zero-order valence-corrected chi connectivity index (χ0v) is 33.3. The summed E-state index contributed by atoms with van der Waals surface area (Å²) in [6, 6.07) is 8.13. The number of fused-ring (bicyclic) bond motifs is 2. The van der Waals surface area contributed by atoms with Gasteiger partial charge in [0.15, 0.2) is 5.60 Å². The van der Waals surface area contributed by atoms with Crippen LogP contribution in [0.4, 0.5) is 0 Å². The third kappa shape index (κ3) is 5.83. The summed E-state index contributed by atoms with van der Waals surface area (Å²) in [4.78, 5) is 41.6. The average Bonchev–Trinajstić information content (AvgIpc) is 3.56. The van der Waals surface area contributed by atoms with Crippen LogP contribution in [0, 0.1) is 34.5 Å². The number of hydrogen-bond acceptors (Lipinski definition) is 13. The van der Waals surface area contributed by atoms with Crippen LogP contribution in [0.5, 0.6) is 0 Å². The molecule has 0 amide bonds. The number of ether oxygens (including phenoxy) is 6. The number of piperidine rings is 1. The minimum atomic E-state index is -1.88. The van der Waals surface area contributed by atoms with Crippen molar-refractivity contribution in [2.75, 3.05) is 48.1 Å². The van der Waals surface area contributed by atoms with Crippen LogP contribution in [-0.4, -0.2) is 145 Å². The summed E-state index contributed by atoms with van der Waals surface area (Å²) in [7, 11) is 6.28. The fourth-order valence-corrected chi connectivity index (χ4v) is 13.6. The molecule has 312 valence electrons. The second-order valence-electron chi connectivity index (χ2n) is 17.3. The number of esters is 2. The second-order valence-corrected chi connectivity index (χ2v) is 17.3. The smallest absolute Gasteiger partial charge is 0.338 e. The fourth-order valence-electron chi connectivity index (χ4n) is 13.6. The third-order valence-electron chi connectivity index (χ3n) is 15.2. The Balaban J connectivity index is 1.35. The Labute approximate surface area is 329 Å². The van der Waals surface area contributed by atoms with Crippen molar-refractivity contribution < 1.29 is 63.2 Å². The molecule has 0 radical (unpaired) electrons. The minimum Gasteiger partial charge on any atom is -0.481 e. The maximum Gasteiger partial charge on any atom is 0.338 e. The average molecular weight is 788 g/mol. The first-order valence-electron chi connectivity index (χ1n) is 20.5. The number of unbranched alkanes of at least 4 members (excludes halogenated alkanes) is 5. The van der Waals surface area contributed by atoms with Gasteiger partial charge in [0.1, 0.15) is 23.9 Å². The number of aliphatic hydroxyl groups excluding tert-OH is 2. The highest BCUT2D eigenvalue weighted by atomic mass is 16.6. The Hall–Kier alpha value is -2.69. The zero-order valence-electron chi connectivity index (χ0n) is 33.3. The molecule has 5 aliphatic carbocycles. The van der Waals surface area contributed by atoms with Gasteiger partial charge >= 0.3 is 17.9 Å². The zero-order chi connectivity index (χ0) is 40.2. The van der Waals surface area contributed by atoms with Crippen LogP contribution in [-0.2, 0) is 38.0 Å². The van der Waals surface area contributed by atoms with E-state index in [2.05, 4.69) is 4.90 Å². The minimum absolute atomic E-state index is 0.0495. The van der Waals surface area contributed by atoms with Gasteiger partial charge in [0.2, 0.25) is 0 Å². The van der Waals surface area contributed by atoms with E-state index < -0.39 is 100 Å². The van der Waals surface area contributed by atoms with E-state index in [0.717, 1.165) is 25.7 Å². The Morgan fingerprint density at radius 3 is 2.16 bits per heavy atom. The summed E-state index contributed by atoms with van der Waals surface area (Å²) >= 11 is 0. The van der Waals surface area contributed by atoms with Crippen LogP contribution in [0.1, 0.15) is 81.5 Å². The van der Waals surface area contributed by atoms with E-state index in [1.807, 2.05) is 6.92 Å². The topological polar surface area (TPSA) is 191 Å². The van der Waals surface area contributed by atoms with Crippen LogP contribution in [0.15, 0.2) is 30.3 Å². The van der Waals surface area contributed by atoms with Gasteiger partial charge in [-0.1, -0.05) is 50.8 Å². The number of likely N-dealkylation sites (tertiary alicyclic amines) is 1. The molecule has 1 spiro atoms. The molecule has 1 heterocycles. The molecular weight excluding hydrogens is 726 g/mol. The molecule has 1 aromatic rings. The van der Waals surface area contributed by atoms with Gasteiger partial charge in [0.25, 0.3) is 0 Å². The molecule has 5 saturated carbocycles. The summed E-state index contributed by atoms with van der Waals surface area (Å²) in [6.07, 6.45) is -1.28. The molecule has 0 aromatic heterocycles. The molecule has 15 atom stereocenters. The monoisotopic (exact) mass is 787 g/mol. The number of hydrogen-bond donors (Lipinski definition) is 4. The van der Waals surface area contributed by atoms with Crippen molar-refractivity contribution in [2.24, 2.45) is 34.5 Å². The SMILES string of the molecule is CCN1C[C@]2(COC)[C@H](O)C[C@H](OC)[C@]34C1[C@H]([C@H](OC)[C@H]23)[C@]1(OC(=O)CCCCCCCCC(=O)O)[C@H]2[C@@H](OC(=O)c3ccccc3)[C@](O)(C[C@H]24)[C@@H](OC)[C@@H]1O. The predicted molar refractivity (Wildman–Crippen MR) is 199 cm³/mol. The molecule has 56 heavy (non-hydrogen) atoms. The van der Waals surface area contributed by atoms with Crippen LogP contribution < -0.4 is 0 Å². The first-order valence-corrected chi connectivity index (χ1v) is 20.5. The van der Waals surface area contributed by atoms with Crippen molar-refractivity contribution in [1.82, 2.24) is 4.90 Å². The predicted octanol–water partition coefficient (Wildman–Crippen LogP) is 2.83. The van der Waals surface area contributed by atoms with Crippen LogP contribution >= 0.6 is 0 Å². The van der Waals surface area contributed by atoms with E-state index in [1.165, 1.54) is 7.11 Å². The van der Waals surface area contributed by atoms with Crippen molar-refractivity contribution >= 4 is 17.9 Å². The number of carbonyl (C=O) groups excluding carboxylic acids is 2. The normalized spacial score (nSPS) is 43.0.